The van der Waals surface area contributed by atoms with E-state index in [0.29, 0.717) is 12.2 Å². The molecule has 130 valence electrons. The van der Waals surface area contributed by atoms with Crippen LogP contribution in [-0.4, -0.2) is 36.9 Å². The van der Waals surface area contributed by atoms with Gasteiger partial charge in [-0.05, 0) is 63.5 Å². The van der Waals surface area contributed by atoms with Crippen LogP contribution in [0.3, 0.4) is 0 Å². The molecule has 0 aromatic heterocycles. The summed E-state index contributed by atoms with van der Waals surface area (Å²) in [5.74, 6) is 0.908. The highest BCUT2D eigenvalue weighted by molar-refractivity contribution is 6.86. The summed E-state index contributed by atoms with van der Waals surface area (Å²) in [4.78, 5) is 0. The molecule has 3 atom stereocenters. The lowest BCUT2D eigenvalue weighted by atomic mass is 9.88. The molecule has 0 aromatic rings. The van der Waals surface area contributed by atoms with E-state index in [4.69, 9.17) is 8.85 Å². The van der Waals surface area contributed by atoms with Crippen molar-refractivity contribution in [2.45, 2.75) is 102 Å². The lowest BCUT2D eigenvalue weighted by Gasteiger charge is -2.36. The maximum absolute atomic E-state index is 6.82. The number of rotatable bonds is 8. The summed E-state index contributed by atoms with van der Waals surface area (Å²) >= 11 is 0. The lowest BCUT2D eigenvalue weighted by Crippen LogP contribution is -2.45. The zero-order chi connectivity index (χ0) is 16.6. The topological polar surface area (TPSA) is 21.8 Å². The average Bonchev–Trinajstić information content (AvgIpc) is 3.10. The number of epoxide rings is 1. The standard InChI is InChI=1S/C17H38O2Si3/c1-20(2,3)12-13-22(6,7)19-21(4,5)11-10-15-8-9-16-17(14-15)18-16/h15-17H,8-14H2,1-7H3. The van der Waals surface area contributed by atoms with Gasteiger partial charge in [0.2, 0.25) is 0 Å². The Bertz CT molecular complexity index is 377. The fourth-order valence-corrected chi connectivity index (χ4v) is 17.1. The van der Waals surface area contributed by atoms with Crippen molar-refractivity contribution in [2.24, 2.45) is 5.92 Å². The van der Waals surface area contributed by atoms with E-state index < -0.39 is 24.7 Å². The molecule has 0 N–H and O–H groups in total. The molecule has 1 saturated carbocycles. The first kappa shape index (κ1) is 18.9. The summed E-state index contributed by atoms with van der Waals surface area (Å²) in [7, 11) is -3.89. The Morgan fingerprint density at radius 1 is 0.818 bits per heavy atom. The zero-order valence-corrected chi connectivity index (χ0v) is 19.0. The Labute approximate surface area is 141 Å². The molecule has 3 unspecified atom stereocenters. The van der Waals surface area contributed by atoms with Gasteiger partial charge in [0.15, 0.2) is 16.6 Å². The summed E-state index contributed by atoms with van der Waals surface area (Å²) in [5.41, 5.74) is 0. The van der Waals surface area contributed by atoms with Gasteiger partial charge in [-0.25, -0.2) is 0 Å². The molecule has 0 spiro atoms. The van der Waals surface area contributed by atoms with E-state index in [-0.39, 0.29) is 0 Å². The van der Waals surface area contributed by atoms with Crippen LogP contribution in [-0.2, 0) is 8.85 Å². The Kier molecular flexibility index (Phi) is 5.86. The quantitative estimate of drug-likeness (QED) is 0.409. The van der Waals surface area contributed by atoms with Gasteiger partial charge in [-0.2, -0.15) is 0 Å². The predicted octanol–water partition coefficient (Wildman–Crippen LogP) is 5.71. The molecule has 0 amide bonds. The number of hydrogen-bond donors (Lipinski definition) is 0. The normalized spacial score (nSPS) is 29.3. The molecule has 2 nitrogen and oxygen atoms in total. The van der Waals surface area contributed by atoms with Crippen molar-refractivity contribution in [2.75, 3.05) is 0 Å². The van der Waals surface area contributed by atoms with E-state index in [1.807, 2.05) is 0 Å². The molecule has 22 heavy (non-hydrogen) atoms. The van der Waals surface area contributed by atoms with Gasteiger partial charge in [-0.1, -0.05) is 32.1 Å². The van der Waals surface area contributed by atoms with Crippen LogP contribution < -0.4 is 0 Å². The second kappa shape index (κ2) is 6.82. The molecule has 0 bridgehead atoms. The molecule has 1 aliphatic heterocycles. The maximum Gasteiger partial charge on any atom is 0.173 e. The molecule has 2 rings (SSSR count). The van der Waals surface area contributed by atoms with Crippen molar-refractivity contribution in [3.05, 3.63) is 0 Å². The van der Waals surface area contributed by atoms with E-state index in [0.717, 1.165) is 5.92 Å². The third kappa shape index (κ3) is 6.59. The molecule has 2 fully saturated rings. The van der Waals surface area contributed by atoms with Crippen LogP contribution >= 0.6 is 0 Å². The highest BCUT2D eigenvalue weighted by Gasteiger charge is 2.44. The van der Waals surface area contributed by atoms with Gasteiger partial charge in [0, 0.05) is 8.07 Å². The summed E-state index contributed by atoms with van der Waals surface area (Å²) in [6.07, 6.45) is 6.68. The molecule has 1 aliphatic carbocycles. The fraction of sp³-hybridized carbons (Fsp3) is 1.00. The van der Waals surface area contributed by atoms with Crippen LogP contribution in [0.4, 0.5) is 0 Å². The second-order valence-corrected chi connectivity index (χ2v) is 24.6. The molecular formula is C17H38O2Si3. The Morgan fingerprint density at radius 2 is 1.45 bits per heavy atom. The van der Waals surface area contributed by atoms with E-state index >= 15 is 0 Å². The van der Waals surface area contributed by atoms with E-state index in [2.05, 4.69) is 45.8 Å². The van der Waals surface area contributed by atoms with Crippen LogP contribution in [0.5, 0.6) is 0 Å². The van der Waals surface area contributed by atoms with Crippen molar-refractivity contribution in [1.82, 2.24) is 0 Å². The third-order valence-corrected chi connectivity index (χ3v) is 14.9. The monoisotopic (exact) mass is 358 g/mol. The van der Waals surface area contributed by atoms with Crippen molar-refractivity contribution in [3.8, 4) is 0 Å². The minimum Gasteiger partial charge on any atom is -0.456 e. The molecule has 1 heterocycles. The number of fused-ring (bicyclic) bond motifs is 1. The molecular weight excluding hydrogens is 320 g/mol. The summed E-state index contributed by atoms with van der Waals surface area (Å²) in [6, 6.07) is 4.14. The first-order valence-electron chi connectivity index (χ1n) is 9.31. The molecule has 5 heteroatoms. The fourth-order valence-electron chi connectivity index (χ4n) is 3.83. The molecule has 1 saturated heterocycles. The van der Waals surface area contributed by atoms with Crippen LogP contribution in [0.1, 0.15) is 25.7 Å². The second-order valence-electron chi connectivity index (χ2n) is 10.1. The van der Waals surface area contributed by atoms with Gasteiger partial charge < -0.3 is 8.85 Å². The Morgan fingerprint density at radius 3 is 2.05 bits per heavy atom. The first-order chi connectivity index (χ1) is 9.96. The average molecular weight is 359 g/mol. The van der Waals surface area contributed by atoms with Crippen LogP contribution in [0.2, 0.25) is 64.0 Å². The summed E-state index contributed by atoms with van der Waals surface area (Å²) < 4.78 is 12.5. The van der Waals surface area contributed by atoms with Crippen molar-refractivity contribution >= 4 is 24.7 Å². The molecule has 2 aliphatic rings. The van der Waals surface area contributed by atoms with E-state index in [1.165, 1.54) is 43.8 Å². The SMILES string of the molecule is C[Si](C)(C)CC[Si](C)(C)O[Si](C)(C)CCC1CCC2OC2C1. The predicted molar refractivity (Wildman–Crippen MR) is 104 cm³/mol. The maximum atomic E-state index is 6.82. The largest absolute Gasteiger partial charge is 0.456 e. The highest BCUT2D eigenvalue weighted by Crippen LogP contribution is 2.41. The molecule has 0 radical (unpaired) electrons. The zero-order valence-electron chi connectivity index (χ0n) is 16.0. The van der Waals surface area contributed by atoms with Gasteiger partial charge in [0.1, 0.15) is 0 Å². The van der Waals surface area contributed by atoms with Gasteiger partial charge in [-0.3, -0.25) is 0 Å². The smallest absolute Gasteiger partial charge is 0.173 e. The van der Waals surface area contributed by atoms with Gasteiger partial charge in [-0.15, -0.1) is 0 Å². The number of hydrogen-bond acceptors (Lipinski definition) is 2. The molecule has 0 aromatic carbocycles. The number of ether oxygens (including phenoxy) is 1. The highest BCUT2D eigenvalue weighted by atomic mass is 28.4. The van der Waals surface area contributed by atoms with Crippen LogP contribution in [0, 0.1) is 5.92 Å². The van der Waals surface area contributed by atoms with Gasteiger partial charge in [0.25, 0.3) is 0 Å². The Hall–Kier alpha value is 0.571. The van der Waals surface area contributed by atoms with E-state index in [9.17, 15) is 0 Å². The lowest BCUT2D eigenvalue weighted by molar-refractivity contribution is 0.355. The van der Waals surface area contributed by atoms with Crippen molar-refractivity contribution < 1.29 is 8.85 Å². The minimum absolute atomic E-state index is 0.631. The van der Waals surface area contributed by atoms with Crippen LogP contribution in [0.15, 0.2) is 0 Å². The van der Waals surface area contributed by atoms with Gasteiger partial charge in [0.05, 0.1) is 12.2 Å². The minimum atomic E-state index is -1.49. The summed E-state index contributed by atoms with van der Waals surface area (Å²) in [5, 5.41) is 0. The first-order valence-corrected chi connectivity index (χ1v) is 19.3. The Balaban J connectivity index is 1.73. The van der Waals surface area contributed by atoms with Crippen molar-refractivity contribution in [3.63, 3.8) is 0 Å². The van der Waals surface area contributed by atoms with E-state index in [1.54, 1.807) is 0 Å². The third-order valence-electron chi connectivity index (χ3n) is 5.30. The van der Waals surface area contributed by atoms with Crippen LogP contribution in [0.25, 0.3) is 0 Å². The van der Waals surface area contributed by atoms with Gasteiger partial charge >= 0.3 is 0 Å². The van der Waals surface area contributed by atoms with Crippen molar-refractivity contribution in [1.29, 1.82) is 0 Å². The summed E-state index contributed by atoms with van der Waals surface area (Å²) in [6.45, 7) is 17.3.